The van der Waals surface area contributed by atoms with Crippen LogP contribution in [-0.2, 0) is 6.54 Å². The van der Waals surface area contributed by atoms with Gasteiger partial charge in [-0.2, -0.15) is 0 Å². The van der Waals surface area contributed by atoms with Gasteiger partial charge in [-0.25, -0.2) is 0 Å². The largest absolute Gasteiger partial charge is 0.345 e. The Balaban J connectivity index is 1.92. The van der Waals surface area contributed by atoms with Crippen LogP contribution in [0, 0.1) is 5.92 Å². The number of amides is 1. The van der Waals surface area contributed by atoms with Crippen molar-refractivity contribution in [3.8, 4) is 0 Å². The molecule has 1 atom stereocenters. The first-order valence-corrected chi connectivity index (χ1v) is 10.4. The summed E-state index contributed by atoms with van der Waals surface area (Å²) >= 11 is 0. The molecule has 0 saturated carbocycles. The lowest BCUT2D eigenvalue weighted by Crippen LogP contribution is -2.36. The lowest BCUT2D eigenvalue weighted by atomic mass is 9.93. The zero-order valence-corrected chi connectivity index (χ0v) is 18.2. The smallest absolute Gasteiger partial charge is 0.316 e. The monoisotopic (exact) mass is 407 g/mol. The van der Waals surface area contributed by atoms with Gasteiger partial charge in [0.15, 0.2) is 0 Å². The Morgan fingerprint density at radius 1 is 1.00 bits per heavy atom. The van der Waals surface area contributed by atoms with Gasteiger partial charge in [0, 0.05) is 12.1 Å². The zero-order chi connectivity index (χ0) is 22.0. The van der Waals surface area contributed by atoms with Gasteiger partial charge in [0.05, 0.1) is 17.1 Å². The second kappa shape index (κ2) is 8.69. The minimum Gasteiger partial charge on any atom is -0.345 e. The van der Waals surface area contributed by atoms with Crippen LogP contribution in [-0.4, -0.2) is 15.5 Å². The standard InChI is InChI=1S/C24H29N3O3/c1-6-27-20-12-11-18(13-19(20)25-23(29)24(27)30)22(28)26-21(15(4)5)17-9-7-16(8-10-17)14(2)3/h7-15,21H,6H2,1-5H3,(H,25,29)(H,26,28). The van der Waals surface area contributed by atoms with E-state index in [1.807, 2.05) is 0 Å². The van der Waals surface area contributed by atoms with E-state index in [4.69, 9.17) is 0 Å². The summed E-state index contributed by atoms with van der Waals surface area (Å²) in [7, 11) is 0. The van der Waals surface area contributed by atoms with Crippen LogP contribution in [0.5, 0.6) is 0 Å². The molecule has 158 valence electrons. The Morgan fingerprint density at radius 2 is 1.63 bits per heavy atom. The maximum Gasteiger partial charge on any atom is 0.316 e. The van der Waals surface area contributed by atoms with Gasteiger partial charge >= 0.3 is 11.1 Å². The van der Waals surface area contributed by atoms with E-state index < -0.39 is 11.1 Å². The lowest BCUT2D eigenvalue weighted by molar-refractivity contribution is 0.0925. The summed E-state index contributed by atoms with van der Waals surface area (Å²) in [6.07, 6.45) is 0. The third-order valence-corrected chi connectivity index (χ3v) is 5.47. The van der Waals surface area contributed by atoms with E-state index in [9.17, 15) is 14.4 Å². The van der Waals surface area contributed by atoms with Gasteiger partial charge in [-0.1, -0.05) is 52.0 Å². The van der Waals surface area contributed by atoms with Crippen molar-refractivity contribution < 1.29 is 4.79 Å². The van der Waals surface area contributed by atoms with Crippen molar-refractivity contribution in [1.82, 2.24) is 14.9 Å². The number of aryl methyl sites for hydroxylation is 1. The van der Waals surface area contributed by atoms with Crippen LogP contribution in [0.15, 0.2) is 52.1 Å². The minimum atomic E-state index is -0.688. The predicted octanol–water partition coefficient (Wildman–Crippen LogP) is 3.96. The van der Waals surface area contributed by atoms with E-state index in [2.05, 4.69) is 62.3 Å². The fourth-order valence-corrected chi connectivity index (χ4v) is 3.68. The fourth-order valence-electron chi connectivity index (χ4n) is 3.68. The molecule has 0 spiro atoms. The molecule has 6 heteroatoms. The third-order valence-electron chi connectivity index (χ3n) is 5.47. The number of nitrogens with zero attached hydrogens (tertiary/aromatic N) is 1. The summed E-state index contributed by atoms with van der Waals surface area (Å²) < 4.78 is 1.41. The minimum absolute atomic E-state index is 0.141. The molecule has 0 radical (unpaired) electrons. The fraction of sp³-hybridized carbons (Fsp3) is 0.375. The summed E-state index contributed by atoms with van der Waals surface area (Å²) in [5.74, 6) is 0.425. The van der Waals surface area contributed by atoms with E-state index in [-0.39, 0.29) is 17.9 Å². The Bertz CT molecular complexity index is 1170. The summed E-state index contributed by atoms with van der Waals surface area (Å²) in [6.45, 7) is 10.6. The average Bonchev–Trinajstić information content (AvgIpc) is 2.72. The predicted molar refractivity (Wildman–Crippen MR) is 120 cm³/mol. The molecular weight excluding hydrogens is 378 g/mol. The Hall–Kier alpha value is -3.15. The number of aromatic nitrogens is 2. The van der Waals surface area contributed by atoms with Crippen LogP contribution < -0.4 is 16.4 Å². The molecule has 2 N–H and O–H groups in total. The van der Waals surface area contributed by atoms with E-state index in [0.717, 1.165) is 5.56 Å². The molecule has 0 fully saturated rings. The molecular formula is C24H29N3O3. The van der Waals surface area contributed by atoms with E-state index in [1.54, 1.807) is 25.1 Å². The van der Waals surface area contributed by atoms with Crippen LogP contribution in [0.2, 0.25) is 0 Å². The van der Waals surface area contributed by atoms with Crippen LogP contribution >= 0.6 is 0 Å². The third kappa shape index (κ3) is 4.22. The van der Waals surface area contributed by atoms with Gasteiger partial charge in [0.25, 0.3) is 5.91 Å². The van der Waals surface area contributed by atoms with Gasteiger partial charge in [0.2, 0.25) is 0 Å². The topological polar surface area (TPSA) is 84.0 Å². The second-order valence-electron chi connectivity index (χ2n) is 8.25. The van der Waals surface area contributed by atoms with Crippen molar-refractivity contribution in [3.05, 3.63) is 79.9 Å². The van der Waals surface area contributed by atoms with Crippen molar-refractivity contribution >= 4 is 16.9 Å². The number of nitrogens with one attached hydrogen (secondary N) is 2. The summed E-state index contributed by atoms with van der Waals surface area (Å²) in [5, 5.41) is 3.12. The highest BCUT2D eigenvalue weighted by molar-refractivity contribution is 5.97. The normalized spacial score (nSPS) is 12.5. The summed E-state index contributed by atoms with van der Waals surface area (Å²) in [4.78, 5) is 39.5. The van der Waals surface area contributed by atoms with Crippen LogP contribution in [0.3, 0.4) is 0 Å². The van der Waals surface area contributed by atoms with Crippen molar-refractivity contribution in [2.24, 2.45) is 5.92 Å². The number of aromatic amines is 1. The van der Waals surface area contributed by atoms with E-state index in [0.29, 0.717) is 29.1 Å². The number of benzene rings is 2. The van der Waals surface area contributed by atoms with Crippen molar-refractivity contribution in [3.63, 3.8) is 0 Å². The first-order chi connectivity index (χ1) is 14.2. The van der Waals surface area contributed by atoms with Crippen LogP contribution in [0.25, 0.3) is 11.0 Å². The Kier molecular flexibility index (Phi) is 6.25. The molecule has 0 bridgehead atoms. The average molecular weight is 408 g/mol. The number of fused-ring (bicyclic) bond motifs is 1. The van der Waals surface area contributed by atoms with Crippen molar-refractivity contribution in [1.29, 1.82) is 0 Å². The highest BCUT2D eigenvalue weighted by atomic mass is 16.2. The number of H-pyrrole nitrogens is 1. The second-order valence-corrected chi connectivity index (χ2v) is 8.25. The first kappa shape index (κ1) is 21.6. The Labute approximate surface area is 176 Å². The molecule has 0 aliphatic rings. The maximum absolute atomic E-state index is 13.0. The van der Waals surface area contributed by atoms with Crippen molar-refractivity contribution in [2.75, 3.05) is 0 Å². The number of hydrogen-bond acceptors (Lipinski definition) is 3. The van der Waals surface area contributed by atoms with Gasteiger partial charge in [-0.15, -0.1) is 0 Å². The van der Waals surface area contributed by atoms with Crippen LogP contribution in [0.1, 0.15) is 68.1 Å². The van der Waals surface area contributed by atoms with E-state index >= 15 is 0 Å². The number of rotatable bonds is 6. The van der Waals surface area contributed by atoms with Crippen LogP contribution in [0.4, 0.5) is 0 Å². The molecule has 0 aliphatic heterocycles. The van der Waals surface area contributed by atoms with Gasteiger partial charge in [-0.3, -0.25) is 14.4 Å². The van der Waals surface area contributed by atoms with Gasteiger partial charge in [0.1, 0.15) is 0 Å². The van der Waals surface area contributed by atoms with E-state index in [1.165, 1.54) is 10.1 Å². The molecule has 1 aromatic heterocycles. The Morgan fingerprint density at radius 3 is 2.20 bits per heavy atom. The zero-order valence-electron chi connectivity index (χ0n) is 18.2. The lowest BCUT2D eigenvalue weighted by Gasteiger charge is -2.23. The highest BCUT2D eigenvalue weighted by Gasteiger charge is 2.20. The molecule has 30 heavy (non-hydrogen) atoms. The first-order valence-electron chi connectivity index (χ1n) is 10.4. The summed E-state index contributed by atoms with van der Waals surface area (Å²) in [6, 6.07) is 13.2. The molecule has 1 heterocycles. The van der Waals surface area contributed by atoms with Gasteiger partial charge in [-0.05, 0) is 48.1 Å². The van der Waals surface area contributed by atoms with Crippen molar-refractivity contribution in [2.45, 2.75) is 53.1 Å². The number of carbonyl (C=O) groups excluding carboxylic acids is 1. The molecule has 6 nitrogen and oxygen atoms in total. The number of carbonyl (C=O) groups is 1. The molecule has 3 aromatic rings. The number of hydrogen-bond donors (Lipinski definition) is 2. The molecule has 3 rings (SSSR count). The molecule has 2 aromatic carbocycles. The quantitative estimate of drug-likeness (QED) is 0.607. The molecule has 1 amide bonds. The molecule has 0 saturated heterocycles. The summed E-state index contributed by atoms with van der Waals surface area (Å²) in [5.41, 5.74) is 2.53. The molecule has 0 aliphatic carbocycles. The highest BCUT2D eigenvalue weighted by Crippen LogP contribution is 2.25. The SMILES string of the molecule is CCn1c(=O)c(=O)[nH]c2cc(C(=O)NC(c3ccc(C(C)C)cc3)C(C)C)ccc21. The molecule has 1 unspecified atom stereocenters. The van der Waals surface area contributed by atoms with Gasteiger partial charge < -0.3 is 14.9 Å². The maximum atomic E-state index is 13.0.